The summed E-state index contributed by atoms with van der Waals surface area (Å²) in [7, 11) is 0. The van der Waals surface area contributed by atoms with E-state index in [2.05, 4.69) is 29.6 Å². The maximum atomic E-state index is 13.1. The lowest BCUT2D eigenvalue weighted by Gasteiger charge is -2.29. The van der Waals surface area contributed by atoms with Gasteiger partial charge in [0.25, 0.3) is 5.91 Å². The molecule has 8 nitrogen and oxygen atoms in total. The van der Waals surface area contributed by atoms with Gasteiger partial charge in [-0.05, 0) is 35.6 Å². The van der Waals surface area contributed by atoms with Crippen molar-refractivity contribution in [3.63, 3.8) is 0 Å². The molecule has 0 spiro atoms. The first kappa shape index (κ1) is 23.7. The number of thioether (sulfide) groups is 1. The van der Waals surface area contributed by atoms with Gasteiger partial charge < -0.3 is 24.8 Å². The lowest BCUT2D eigenvalue weighted by atomic mass is 9.98. The zero-order valence-electron chi connectivity index (χ0n) is 19.4. The van der Waals surface area contributed by atoms with Gasteiger partial charge in [0.15, 0.2) is 0 Å². The minimum Gasteiger partial charge on any atom is -0.480 e. The van der Waals surface area contributed by atoms with Gasteiger partial charge in [0.05, 0.1) is 5.37 Å². The monoisotopic (exact) mass is 496 g/mol. The molecule has 35 heavy (non-hydrogen) atoms. The molecular weight excluding hydrogens is 468 g/mol. The number of rotatable bonds is 6. The summed E-state index contributed by atoms with van der Waals surface area (Å²) in [5.41, 5.74) is 4.61. The number of amides is 2. The normalized spacial score (nSPS) is 25.2. The molecule has 1 aliphatic carbocycles. The molecule has 0 saturated carbocycles. The third-order valence-electron chi connectivity index (χ3n) is 7.07. The highest BCUT2D eigenvalue weighted by Crippen LogP contribution is 2.44. The molecule has 4 unspecified atom stereocenters. The van der Waals surface area contributed by atoms with Crippen LogP contribution < -0.4 is 5.32 Å². The number of nitrogens with zero attached hydrogens (tertiary/aromatic N) is 1. The van der Waals surface area contributed by atoms with Crippen LogP contribution in [0.25, 0.3) is 11.1 Å². The van der Waals surface area contributed by atoms with E-state index in [0.29, 0.717) is 18.8 Å². The first-order valence-corrected chi connectivity index (χ1v) is 12.9. The number of carbonyl (C=O) groups is 3. The van der Waals surface area contributed by atoms with E-state index in [9.17, 15) is 19.5 Å². The number of hydrogen-bond acceptors (Lipinski definition) is 6. The maximum absolute atomic E-state index is 13.1. The second-order valence-electron chi connectivity index (χ2n) is 9.08. The first-order chi connectivity index (χ1) is 17.0. The number of benzene rings is 2. The quantitative estimate of drug-likeness (QED) is 0.632. The van der Waals surface area contributed by atoms with E-state index >= 15 is 0 Å². The fourth-order valence-corrected chi connectivity index (χ4v) is 6.47. The van der Waals surface area contributed by atoms with Crippen molar-refractivity contribution in [1.29, 1.82) is 0 Å². The molecular formula is C26H28N2O6S. The SMILES string of the molecule is CC1SCC(C(=O)O)N1C(=O)C1OCCC1CNC(=O)OCC1c2ccccc2-c2ccccc21. The number of carboxylic acids is 1. The Labute approximate surface area is 208 Å². The van der Waals surface area contributed by atoms with Gasteiger partial charge in [0.1, 0.15) is 18.8 Å². The van der Waals surface area contributed by atoms with Gasteiger partial charge >= 0.3 is 12.1 Å². The van der Waals surface area contributed by atoms with Crippen LogP contribution in [0.4, 0.5) is 4.79 Å². The predicted molar refractivity (Wildman–Crippen MR) is 131 cm³/mol. The Morgan fingerprint density at radius 3 is 2.43 bits per heavy atom. The third-order valence-corrected chi connectivity index (χ3v) is 8.29. The van der Waals surface area contributed by atoms with Gasteiger partial charge in [0, 0.05) is 30.7 Å². The van der Waals surface area contributed by atoms with E-state index in [1.165, 1.54) is 16.7 Å². The van der Waals surface area contributed by atoms with Crippen LogP contribution in [0.1, 0.15) is 30.4 Å². The smallest absolute Gasteiger partial charge is 0.407 e. The zero-order chi connectivity index (χ0) is 24.5. The lowest BCUT2D eigenvalue weighted by molar-refractivity contribution is -0.154. The van der Waals surface area contributed by atoms with E-state index in [1.54, 1.807) is 0 Å². The summed E-state index contributed by atoms with van der Waals surface area (Å²) >= 11 is 1.44. The van der Waals surface area contributed by atoms with Gasteiger partial charge in [-0.2, -0.15) is 0 Å². The fourth-order valence-electron chi connectivity index (χ4n) is 5.29. The Balaban J connectivity index is 1.18. The summed E-state index contributed by atoms with van der Waals surface area (Å²) in [4.78, 5) is 38.7. The second-order valence-corrected chi connectivity index (χ2v) is 10.4. The Morgan fingerprint density at radius 2 is 1.77 bits per heavy atom. The summed E-state index contributed by atoms with van der Waals surface area (Å²) in [6, 6.07) is 15.4. The molecule has 0 radical (unpaired) electrons. The van der Waals surface area contributed by atoms with Crippen LogP contribution >= 0.6 is 11.8 Å². The van der Waals surface area contributed by atoms with Crippen molar-refractivity contribution in [2.24, 2.45) is 5.92 Å². The van der Waals surface area contributed by atoms with Crippen molar-refractivity contribution in [3.8, 4) is 11.1 Å². The topological polar surface area (TPSA) is 105 Å². The molecule has 2 aromatic carbocycles. The molecule has 4 atom stereocenters. The van der Waals surface area contributed by atoms with E-state index < -0.39 is 24.2 Å². The Morgan fingerprint density at radius 1 is 1.11 bits per heavy atom. The van der Waals surface area contributed by atoms with Crippen molar-refractivity contribution in [1.82, 2.24) is 10.2 Å². The Kier molecular flexibility index (Phi) is 6.71. The number of aliphatic carboxylic acids is 1. The van der Waals surface area contributed by atoms with Gasteiger partial charge in [-0.3, -0.25) is 4.79 Å². The number of alkyl carbamates (subject to hydrolysis) is 1. The predicted octanol–water partition coefficient (Wildman–Crippen LogP) is 3.30. The van der Waals surface area contributed by atoms with Crippen LogP contribution in [0.5, 0.6) is 0 Å². The Hall–Kier alpha value is -3.04. The highest BCUT2D eigenvalue weighted by Gasteiger charge is 2.45. The van der Waals surface area contributed by atoms with Crippen molar-refractivity contribution < 1.29 is 29.0 Å². The molecule has 2 N–H and O–H groups in total. The standard InChI is InChI=1S/C26H28N2O6S/c1-15-28(22(14-35-15)25(30)31)24(29)23-16(10-11-33-23)12-27-26(32)34-13-21-19-8-4-2-6-17(19)18-7-3-5-9-20(18)21/h2-9,15-16,21-23H,10-14H2,1H3,(H,27,32)(H,30,31). The van der Waals surface area contributed by atoms with Gasteiger partial charge in [-0.1, -0.05) is 48.5 Å². The van der Waals surface area contributed by atoms with Crippen LogP contribution in [-0.4, -0.2) is 71.0 Å². The highest BCUT2D eigenvalue weighted by molar-refractivity contribution is 8.00. The molecule has 2 heterocycles. The highest BCUT2D eigenvalue weighted by atomic mass is 32.2. The first-order valence-electron chi connectivity index (χ1n) is 11.8. The minimum absolute atomic E-state index is 0.0283. The minimum atomic E-state index is -1.01. The third kappa shape index (κ3) is 4.50. The molecule has 2 aliphatic heterocycles. The number of fused-ring (bicyclic) bond motifs is 3. The summed E-state index contributed by atoms with van der Waals surface area (Å²) in [5, 5.41) is 12.0. The fraction of sp³-hybridized carbons (Fsp3) is 0.423. The van der Waals surface area contributed by atoms with Crippen LogP contribution in [0.3, 0.4) is 0 Å². The van der Waals surface area contributed by atoms with E-state index in [4.69, 9.17) is 9.47 Å². The van der Waals surface area contributed by atoms with Crippen molar-refractivity contribution in [2.45, 2.75) is 36.8 Å². The van der Waals surface area contributed by atoms with Crippen LogP contribution in [0.15, 0.2) is 48.5 Å². The van der Waals surface area contributed by atoms with Crippen LogP contribution in [-0.2, 0) is 19.1 Å². The van der Waals surface area contributed by atoms with Gasteiger partial charge in [0.2, 0.25) is 0 Å². The number of nitrogens with one attached hydrogen (secondary N) is 1. The molecule has 2 amide bonds. The summed E-state index contributed by atoms with van der Waals surface area (Å²) < 4.78 is 11.3. The average Bonchev–Trinajstić information content (AvgIpc) is 3.57. The molecule has 2 saturated heterocycles. The van der Waals surface area contributed by atoms with Crippen molar-refractivity contribution in [2.75, 3.05) is 25.5 Å². The maximum Gasteiger partial charge on any atom is 0.407 e. The second kappa shape index (κ2) is 9.91. The van der Waals surface area contributed by atoms with Crippen LogP contribution in [0.2, 0.25) is 0 Å². The van der Waals surface area contributed by atoms with Crippen molar-refractivity contribution >= 4 is 29.7 Å². The number of ether oxygens (including phenoxy) is 2. The average molecular weight is 497 g/mol. The molecule has 0 aromatic heterocycles. The molecule has 3 aliphatic rings. The molecule has 5 rings (SSSR count). The van der Waals surface area contributed by atoms with E-state index in [-0.39, 0.29) is 36.3 Å². The van der Waals surface area contributed by atoms with Crippen LogP contribution in [0, 0.1) is 5.92 Å². The number of carboxylic acid groups (broad SMARTS) is 1. The summed E-state index contributed by atoms with van der Waals surface area (Å²) in [5.74, 6) is -1.25. The molecule has 184 valence electrons. The molecule has 2 aromatic rings. The Bertz CT molecular complexity index is 1090. The van der Waals surface area contributed by atoms with E-state index in [1.807, 2.05) is 31.2 Å². The molecule has 0 bridgehead atoms. The molecule has 9 heteroatoms. The largest absolute Gasteiger partial charge is 0.480 e. The van der Waals surface area contributed by atoms with E-state index in [0.717, 1.165) is 22.3 Å². The number of hydrogen-bond donors (Lipinski definition) is 2. The zero-order valence-corrected chi connectivity index (χ0v) is 20.2. The molecule has 2 fully saturated rings. The summed E-state index contributed by atoms with van der Waals surface area (Å²) in [6.07, 6.45) is -0.710. The van der Waals surface area contributed by atoms with Crippen molar-refractivity contribution in [3.05, 3.63) is 59.7 Å². The summed E-state index contributed by atoms with van der Waals surface area (Å²) in [6.45, 7) is 2.65. The van der Waals surface area contributed by atoms with Gasteiger partial charge in [-0.15, -0.1) is 11.8 Å². The lowest BCUT2D eigenvalue weighted by Crippen LogP contribution is -2.51. The number of carbonyl (C=O) groups excluding carboxylic acids is 2. The van der Waals surface area contributed by atoms with Gasteiger partial charge in [-0.25, -0.2) is 9.59 Å².